The van der Waals surface area contributed by atoms with Crippen LogP contribution >= 0.6 is 0 Å². The lowest BCUT2D eigenvalue weighted by molar-refractivity contribution is 1.36. The molecule has 0 bridgehead atoms. The van der Waals surface area contributed by atoms with Crippen molar-refractivity contribution in [2.24, 2.45) is 15.0 Å². The van der Waals surface area contributed by atoms with E-state index in [2.05, 4.69) is 28.6 Å². The fraction of sp³-hybridized carbons (Fsp3) is 0.167. The molecule has 0 heterocycles. The van der Waals surface area contributed by atoms with Gasteiger partial charge in [0.2, 0.25) is 0 Å². The molecule has 0 amide bonds. The third-order valence-corrected chi connectivity index (χ3v) is 3.19. The van der Waals surface area contributed by atoms with Crippen molar-refractivity contribution in [3.8, 4) is 0 Å². The van der Waals surface area contributed by atoms with Crippen molar-refractivity contribution in [1.29, 1.82) is 0 Å². The van der Waals surface area contributed by atoms with Gasteiger partial charge in [0.1, 0.15) is 0 Å². The van der Waals surface area contributed by atoms with Gasteiger partial charge in [0.15, 0.2) is 11.7 Å². The molecule has 2 aromatic rings. The van der Waals surface area contributed by atoms with Gasteiger partial charge in [-0.2, -0.15) is 0 Å². The zero-order valence-electron chi connectivity index (χ0n) is 12.7. The summed E-state index contributed by atoms with van der Waals surface area (Å²) >= 11 is 0. The minimum absolute atomic E-state index is 0.580. The molecule has 3 nitrogen and oxygen atoms in total. The van der Waals surface area contributed by atoms with Crippen LogP contribution in [0, 0.1) is 13.8 Å². The Hall–Kier alpha value is -2.55. The lowest BCUT2D eigenvalue weighted by atomic mass is 10.1. The van der Waals surface area contributed by atoms with Crippen molar-refractivity contribution in [2.75, 3.05) is 7.05 Å². The molecule has 0 saturated heterocycles. The van der Waals surface area contributed by atoms with E-state index >= 15 is 0 Å². The van der Waals surface area contributed by atoms with Crippen molar-refractivity contribution < 1.29 is 0 Å². The van der Waals surface area contributed by atoms with Gasteiger partial charge in [-0.05, 0) is 20.6 Å². The molecule has 0 aliphatic carbocycles. The van der Waals surface area contributed by atoms with E-state index in [9.17, 15) is 0 Å². The molecule has 0 N–H and O–H groups in total. The Labute approximate surface area is 125 Å². The highest BCUT2D eigenvalue weighted by Crippen LogP contribution is 2.10. The summed E-state index contributed by atoms with van der Waals surface area (Å²) in [6.45, 7) is 7.72. The van der Waals surface area contributed by atoms with E-state index in [4.69, 9.17) is 0 Å². The minimum atomic E-state index is 0.580. The molecule has 0 radical (unpaired) electrons. The molecule has 3 heteroatoms. The third kappa shape index (κ3) is 3.72. The van der Waals surface area contributed by atoms with Crippen molar-refractivity contribution in [2.45, 2.75) is 13.8 Å². The second-order valence-corrected chi connectivity index (χ2v) is 4.87. The summed E-state index contributed by atoms with van der Waals surface area (Å²) < 4.78 is 0. The van der Waals surface area contributed by atoms with Crippen LogP contribution in [0.1, 0.15) is 22.3 Å². The average Bonchev–Trinajstić information content (AvgIpc) is 2.51. The van der Waals surface area contributed by atoms with Crippen molar-refractivity contribution >= 4 is 18.4 Å². The molecular weight excluding hydrogens is 258 g/mol. The Morgan fingerprint density at radius 2 is 1.19 bits per heavy atom. The predicted molar refractivity (Wildman–Crippen MR) is 90.9 cm³/mol. The fourth-order valence-corrected chi connectivity index (χ4v) is 1.94. The first-order valence-corrected chi connectivity index (χ1v) is 6.80. The molecule has 0 unspecified atom stereocenters. The quantitative estimate of drug-likeness (QED) is 0.591. The topological polar surface area (TPSA) is 37.1 Å². The molecule has 2 aromatic carbocycles. The van der Waals surface area contributed by atoms with Gasteiger partial charge in [-0.3, -0.25) is 4.99 Å². The van der Waals surface area contributed by atoms with E-state index in [0.717, 1.165) is 11.1 Å². The Morgan fingerprint density at radius 3 is 1.57 bits per heavy atom. The van der Waals surface area contributed by atoms with Gasteiger partial charge in [-0.15, -0.1) is 0 Å². The summed E-state index contributed by atoms with van der Waals surface area (Å²) in [5.74, 6) is 1.23. The summed E-state index contributed by atoms with van der Waals surface area (Å²) in [5, 5.41) is 0. The van der Waals surface area contributed by atoms with E-state index in [1.54, 1.807) is 7.05 Å². The van der Waals surface area contributed by atoms with Gasteiger partial charge in [-0.25, -0.2) is 9.98 Å². The molecule has 0 atom stereocenters. The van der Waals surface area contributed by atoms with Crippen molar-refractivity contribution in [3.05, 3.63) is 70.8 Å². The van der Waals surface area contributed by atoms with Crippen LogP contribution in [0.3, 0.4) is 0 Å². The highest BCUT2D eigenvalue weighted by atomic mass is 15.0. The summed E-state index contributed by atoms with van der Waals surface area (Å²) in [4.78, 5) is 12.8. The van der Waals surface area contributed by atoms with Crippen LogP contribution in [0.4, 0.5) is 0 Å². The van der Waals surface area contributed by atoms with E-state index in [1.165, 1.54) is 11.1 Å². The largest absolute Gasteiger partial charge is 0.270 e. The zero-order valence-corrected chi connectivity index (χ0v) is 12.7. The maximum Gasteiger partial charge on any atom is 0.161 e. The van der Waals surface area contributed by atoms with Crippen LogP contribution in [0.5, 0.6) is 0 Å². The van der Waals surface area contributed by atoms with Gasteiger partial charge in [-0.1, -0.05) is 59.7 Å². The smallest absolute Gasteiger partial charge is 0.161 e. The third-order valence-electron chi connectivity index (χ3n) is 3.19. The van der Waals surface area contributed by atoms with Crippen LogP contribution in [-0.4, -0.2) is 25.4 Å². The second-order valence-electron chi connectivity index (χ2n) is 4.87. The van der Waals surface area contributed by atoms with Gasteiger partial charge < -0.3 is 0 Å². The first-order chi connectivity index (χ1) is 10.1. The number of aryl methyl sites for hydroxylation is 2. The number of rotatable bonds is 2. The highest BCUT2D eigenvalue weighted by molar-refractivity contribution is 6.12. The molecule has 0 aliphatic rings. The van der Waals surface area contributed by atoms with E-state index in [1.807, 2.05) is 55.5 Å². The Morgan fingerprint density at radius 1 is 0.762 bits per heavy atom. The molecule has 106 valence electrons. The molecule has 0 aromatic heterocycles. The summed E-state index contributed by atoms with van der Waals surface area (Å²) in [6, 6.07) is 16.2. The summed E-state index contributed by atoms with van der Waals surface area (Å²) in [5.41, 5.74) is 4.31. The standard InChI is InChI=1S/C18H19N3/c1-13-5-9-15(10-6-13)17(19-3)21-18(20-4)16-11-7-14(2)8-12-16/h5-12H,3H2,1-2,4H3. The lowest BCUT2D eigenvalue weighted by Gasteiger charge is -2.05. The summed E-state index contributed by atoms with van der Waals surface area (Å²) in [7, 11) is 1.73. The van der Waals surface area contributed by atoms with Crippen LogP contribution in [0.2, 0.25) is 0 Å². The monoisotopic (exact) mass is 277 g/mol. The average molecular weight is 277 g/mol. The first-order valence-electron chi connectivity index (χ1n) is 6.80. The number of aliphatic imine (C=N–C) groups is 3. The number of benzene rings is 2. The molecule has 0 aliphatic heterocycles. The summed E-state index contributed by atoms with van der Waals surface area (Å²) in [6.07, 6.45) is 0. The molecule has 0 fully saturated rings. The number of hydrogen-bond acceptors (Lipinski definition) is 1. The molecule has 21 heavy (non-hydrogen) atoms. The maximum absolute atomic E-state index is 4.55. The molecule has 0 saturated carbocycles. The number of amidine groups is 2. The Bertz CT molecular complexity index is 677. The first kappa shape index (κ1) is 14.9. The SMILES string of the molecule is C=NC(=NC(=NC)c1ccc(C)cc1)c1ccc(C)cc1. The molecular formula is C18H19N3. The Balaban J connectivity index is 2.39. The predicted octanol–water partition coefficient (Wildman–Crippen LogP) is 3.83. The molecule has 0 spiro atoms. The normalized spacial score (nSPS) is 12.3. The van der Waals surface area contributed by atoms with Gasteiger partial charge in [0.05, 0.1) is 0 Å². The maximum atomic E-state index is 4.55. The van der Waals surface area contributed by atoms with Gasteiger partial charge >= 0.3 is 0 Å². The van der Waals surface area contributed by atoms with Crippen molar-refractivity contribution in [1.82, 2.24) is 0 Å². The van der Waals surface area contributed by atoms with Gasteiger partial charge in [0.25, 0.3) is 0 Å². The minimum Gasteiger partial charge on any atom is -0.270 e. The fourth-order valence-electron chi connectivity index (χ4n) is 1.94. The van der Waals surface area contributed by atoms with E-state index in [-0.39, 0.29) is 0 Å². The molecule has 2 rings (SSSR count). The van der Waals surface area contributed by atoms with E-state index in [0.29, 0.717) is 11.7 Å². The lowest BCUT2D eigenvalue weighted by Crippen LogP contribution is -2.04. The highest BCUT2D eigenvalue weighted by Gasteiger charge is 2.05. The van der Waals surface area contributed by atoms with E-state index < -0.39 is 0 Å². The van der Waals surface area contributed by atoms with Crippen LogP contribution in [0.25, 0.3) is 0 Å². The number of hydrogen-bond donors (Lipinski definition) is 0. The van der Waals surface area contributed by atoms with Crippen LogP contribution in [0.15, 0.2) is 63.5 Å². The Kier molecular flexibility index (Phi) is 4.77. The van der Waals surface area contributed by atoms with Gasteiger partial charge in [0, 0.05) is 18.2 Å². The second kappa shape index (κ2) is 6.75. The van der Waals surface area contributed by atoms with Crippen LogP contribution < -0.4 is 0 Å². The van der Waals surface area contributed by atoms with Crippen LogP contribution in [-0.2, 0) is 0 Å². The van der Waals surface area contributed by atoms with Crippen molar-refractivity contribution in [3.63, 3.8) is 0 Å². The number of nitrogens with zero attached hydrogens (tertiary/aromatic N) is 3. The zero-order chi connectivity index (χ0) is 15.2.